The molecule has 0 aliphatic heterocycles. The first-order chi connectivity index (χ1) is 13.8. The number of carbonyl (C=O) groups is 2. The van der Waals surface area contributed by atoms with E-state index in [1.807, 2.05) is 19.9 Å². The van der Waals surface area contributed by atoms with Crippen molar-refractivity contribution in [3.8, 4) is 11.1 Å². The number of nitrogens with one attached hydrogen (secondary N) is 1. The van der Waals surface area contributed by atoms with Crippen LogP contribution in [0.4, 0.5) is 5.69 Å². The molecule has 0 saturated carbocycles. The highest BCUT2D eigenvalue weighted by Crippen LogP contribution is 2.28. The van der Waals surface area contributed by atoms with Crippen LogP contribution in [0.15, 0.2) is 42.6 Å². The molecule has 0 spiro atoms. The third-order valence-electron chi connectivity index (χ3n) is 3.99. The summed E-state index contributed by atoms with van der Waals surface area (Å²) in [6, 6.07) is 10.0. The van der Waals surface area contributed by atoms with Gasteiger partial charge >= 0.3 is 7.12 Å². The van der Waals surface area contributed by atoms with E-state index >= 15 is 0 Å². The number of benzene rings is 2. The minimum Gasteiger partial charge on any atom is -0.483 e. The molecule has 150 valence electrons. The number of hydrogen-bond acceptors (Lipinski definition) is 7. The van der Waals surface area contributed by atoms with Gasteiger partial charge in [0.05, 0.1) is 17.4 Å². The Labute approximate surface area is 167 Å². The van der Waals surface area contributed by atoms with E-state index < -0.39 is 7.12 Å². The molecule has 0 bridgehead atoms. The van der Waals surface area contributed by atoms with Gasteiger partial charge in [0.1, 0.15) is 0 Å². The van der Waals surface area contributed by atoms with Crippen LogP contribution in [0.1, 0.15) is 24.2 Å². The molecule has 0 aliphatic rings. The number of hydrogen-bond donors (Lipinski definition) is 5. The van der Waals surface area contributed by atoms with Crippen molar-refractivity contribution in [3.05, 3.63) is 48.2 Å². The summed E-state index contributed by atoms with van der Waals surface area (Å²) >= 11 is 0. The van der Waals surface area contributed by atoms with E-state index in [1.54, 1.807) is 24.3 Å². The Bertz CT molecular complexity index is 1030. The molecule has 2 aromatic carbocycles. The minimum absolute atomic E-state index is 0.0271. The number of rotatable bonds is 4. The molecule has 9 nitrogen and oxygen atoms in total. The average molecular weight is 396 g/mol. The molecule has 3 rings (SSSR count). The van der Waals surface area contributed by atoms with E-state index in [0.717, 1.165) is 5.39 Å². The second kappa shape index (κ2) is 9.62. The van der Waals surface area contributed by atoms with Crippen LogP contribution < -0.4 is 16.5 Å². The van der Waals surface area contributed by atoms with Crippen molar-refractivity contribution in [2.45, 2.75) is 19.9 Å². The van der Waals surface area contributed by atoms with Gasteiger partial charge in [-0.25, -0.2) is 0 Å². The smallest absolute Gasteiger partial charge is 0.483 e. The number of nitrogens with two attached hydrogens (primary N) is 1. The van der Waals surface area contributed by atoms with E-state index in [0.29, 0.717) is 33.4 Å². The van der Waals surface area contributed by atoms with Gasteiger partial charge in [-0.15, -0.1) is 0 Å². The van der Waals surface area contributed by atoms with Gasteiger partial charge in [-0.05, 0) is 48.6 Å². The van der Waals surface area contributed by atoms with Crippen molar-refractivity contribution >= 4 is 41.6 Å². The van der Waals surface area contributed by atoms with Crippen LogP contribution in [0.2, 0.25) is 0 Å². The monoisotopic (exact) mass is 396 g/mol. The minimum atomic E-state index is -1.63. The zero-order chi connectivity index (χ0) is 21.6. The fourth-order valence-corrected chi connectivity index (χ4v) is 2.75. The summed E-state index contributed by atoms with van der Waals surface area (Å²) in [5.74, 6) is -0.243. The Kier molecular flexibility index (Phi) is 7.24. The van der Waals surface area contributed by atoms with E-state index in [2.05, 4.69) is 15.5 Å². The Balaban J connectivity index is 0.000000941. The number of nitrogens with zero attached hydrogens (tertiary/aromatic N) is 2. The third-order valence-corrected chi connectivity index (χ3v) is 3.99. The molecular weight excluding hydrogens is 375 g/mol. The summed E-state index contributed by atoms with van der Waals surface area (Å²) in [6.45, 7) is 3.50. The lowest BCUT2D eigenvalue weighted by molar-refractivity contribution is -0.122. The molecule has 0 saturated heterocycles. The summed E-state index contributed by atoms with van der Waals surface area (Å²) < 4.78 is 0. The van der Waals surface area contributed by atoms with Crippen LogP contribution in [0, 0.1) is 0 Å². The SMILES string of the molecule is CC(C)NC(=O)c1ccc(B(O)O)cc1-c1ccc2c(N)cnnc2c1.O=CO. The highest BCUT2D eigenvalue weighted by Gasteiger charge is 2.19. The quantitative estimate of drug-likeness (QED) is 0.313. The lowest BCUT2D eigenvalue weighted by Gasteiger charge is -2.14. The first-order valence-electron chi connectivity index (χ1n) is 8.68. The van der Waals surface area contributed by atoms with Gasteiger partial charge in [0.15, 0.2) is 0 Å². The van der Waals surface area contributed by atoms with Gasteiger partial charge in [-0.1, -0.05) is 18.2 Å². The molecular formula is C19H21BN4O5. The van der Waals surface area contributed by atoms with Crippen LogP contribution in [0.25, 0.3) is 22.0 Å². The summed E-state index contributed by atoms with van der Waals surface area (Å²) in [5.41, 5.74) is 9.01. The van der Waals surface area contributed by atoms with Gasteiger partial charge < -0.3 is 26.2 Å². The van der Waals surface area contributed by atoms with E-state index in [1.165, 1.54) is 12.3 Å². The van der Waals surface area contributed by atoms with Gasteiger partial charge in [0, 0.05) is 17.0 Å². The Hall–Kier alpha value is -3.50. The molecule has 6 N–H and O–H groups in total. The highest BCUT2D eigenvalue weighted by atomic mass is 16.4. The van der Waals surface area contributed by atoms with Gasteiger partial charge in [0.25, 0.3) is 12.4 Å². The first kappa shape index (κ1) is 21.8. The van der Waals surface area contributed by atoms with Crippen LogP contribution in [0.5, 0.6) is 0 Å². The summed E-state index contributed by atoms with van der Waals surface area (Å²) in [4.78, 5) is 20.9. The number of fused-ring (bicyclic) bond motifs is 1. The van der Waals surface area contributed by atoms with Gasteiger partial charge in [0.2, 0.25) is 0 Å². The van der Waals surface area contributed by atoms with Crippen molar-refractivity contribution in [1.29, 1.82) is 0 Å². The van der Waals surface area contributed by atoms with Crippen molar-refractivity contribution < 1.29 is 24.7 Å². The molecule has 10 heteroatoms. The summed E-state index contributed by atoms with van der Waals surface area (Å²) in [7, 11) is -1.63. The molecule has 0 fully saturated rings. The molecule has 0 radical (unpaired) electrons. The molecule has 0 aliphatic carbocycles. The fourth-order valence-electron chi connectivity index (χ4n) is 2.75. The zero-order valence-electron chi connectivity index (χ0n) is 15.9. The maximum Gasteiger partial charge on any atom is 0.488 e. The summed E-state index contributed by atoms with van der Waals surface area (Å²) in [5, 5.41) is 37.4. The molecule has 0 unspecified atom stereocenters. The number of anilines is 1. The number of amides is 1. The second-order valence-electron chi connectivity index (χ2n) is 6.44. The average Bonchev–Trinajstić information content (AvgIpc) is 2.67. The maximum absolute atomic E-state index is 12.6. The Morgan fingerprint density at radius 1 is 1.21 bits per heavy atom. The molecule has 3 aromatic rings. The second-order valence-corrected chi connectivity index (χ2v) is 6.44. The molecule has 1 aromatic heterocycles. The van der Waals surface area contributed by atoms with Crippen LogP contribution in [0.3, 0.4) is 0 Å². The predicted molar refractivity (Wildman–Crippen MR) is 111 cm³/mol. The first-order valence-corrected chi connectivity index (χ1v) is 8.68. The molecule has 1 amide bonds. The van der Waals surface area contributed by atoms with Crippen LogP contribution in [-0.4, -0.2) is 50.9 Å². The van der Waals surface area contributed by atoms with E-state index in [-0.39, 0.29) is 18.4 Å². The van der Waals surface area contributed by atoms with Gasteiger partial charge in [-0.2, -0.15) is 10.2 Å². The highest BCUT2D eigenvalue weighted by molar-refractivity contribution is 6.58. The van der Waals surface area contributed by atoms with Crippen molar-refractivity contribution in [1.82, 2.24) is 15.5 Å². The predicted octanol–water partition coefficient (Wildman–Crippen LogP) is 0.398. The van der Waals surface area contributed by atoms with Crippen LogP contribution in [-0.2, 0) is 4.79 Å². The number of carbonyl (C=O) groups excluding carboxylic acids is 1. The van der Waals surface area contributed by atoms with E-state index in [9.17, 15) is 14.8 Å². The fraction of sp³-hybridized carbons (Fsp3) is 0.158. The summed E-state index contributed by atoms with van der Waals surface area (Å²) in [6.07, 6.45) is 1.48. The standard InChI is InChI=1S/C18H19BN4O3.CH2O2/c1-10(2)22-18(24)13-6-4-12(19(25)26)8-15(13)11-3-5-14-16(20)9-21-23-17(14)7-11;2-1-3/h3-10,25-26H,1-2H3,(H2,20,23)(H,22,24);1H,(H,2,3). The zero-order valence-corrected chi connectivity index (χ0v) is 15.9. The molecule has 1 heterocycles. The lowest BCUT2D eigenvalue weighted by Crippen LogP contribution is -2.33. The maximum atomic E-state index is 12.6. The number of nitrogen functional groups attached to an aromatic ring is 1. The van der Waals surface area contributed by atoms with E-state index in [4.69, 9.17) is 15.6 Å². The van der Waals surface area contributed by atoms with Crippen molar-refractivity contribution in [3.63, 3.8) is 0 Å². The van der Waals surface area contributed by atoms with Crippen LogP contribution >= 0.6 is 0 Å². The third kappa shape index (κ3) is 5.28. The molecule has 29 heavy (non-hydrogen) atoms. The Morgan fingerprint density at radius 2 is 1.90 bits per heavy atom. The van der Waals surface area contributed by atoms with Crippen molar-refractivity contribution in [2.75, 3.05) is 5.73 Å². The van der Waals surface area contributed by atoms with Gasteiger partial charge in [-0.3, -0.25) is 9.59 Å². The largest absolute Gasteiger partial charge is 0.488 e. The Morgan fingerprint density at radius 3 is 2.52 bits per heavy atom. The van der Waals surface area contributed by atoms with Crippen molar-refractivity contribution in [2.24, 2.45) is 0 Å². The number of aromatic nitrogens is 2. The normalized spacial score (nSPS) is 10.2. The lowest BCUT2D eigenvalue weighted by atomic mass is 9.78. The molecule has 0 atom stereocenters. The topological polar surface area (TPSA) is 159 Å². The number of carboxylic acid groups (broad SMARTS) is 1.